The van der Waals surface area contributed by atoms with Crippen LogP contribution in [0.5, 0.6) is 0 Å². The second kappa shape index (κ2) is 7.45. The minimum atomic E-state index is -0.429. The monoisotopic (exact) mass is 251 g/mol. The van der Waals surface area contributed by atoms with Gasteiger partial charge in [0.25, 0.3) is 0 Å². The van der Waals surface area contributed by atoms with Gasteiger partial charge < -0.3 is 14.8 Å². The minimum Gasteiger partial charge on any atom is -0.460 e. The normalized spacial score (nSPS) is 9.89. The molecule has 0 heterocycles. The maximum atomic E-state index is 11.7. The molecule has 5 nitrogen and oxygen atoms in total. The zero-order valence-electron chi connectivity index (χ0n) is 10.6. The minimum absolute atomic E-state index is 0.183. The molecule has 5 heteroatoms. The van der Waals surface area contributed by atoms with Crippen LogP contribution in [0.3, 0.4) is 0 Å². The van der Waals surface area contributed by atoms with Crippen molar-refractivity contribution >= 4 is 17.6 Å². The van der Waals surface area contributed by atoms with Crippen LogP contribution in [0, 0.1) is 0 Å². The van der Waals surface area contributed by atoms with E-state index >= 15 is 0 Å². The summed E-state index contributed by atoms with van der Waals surface area (Å²) in [5.41, 5.74) is 0.972. The van der Waals surface area contributed by atoms with Crippen molar-refractivity contribution in [3.8, 4) is 0 Å². The Bertz CT molecular complexity index is 417. The van der Waals surface area contributed by atoms with Gasteiger partial charge in [-0.3, -0.25) is 4.79 Å². The molecule has 1 amide bonds. The first-order valence-corrected chi connectivity index (χ1v) is 5.76. The first-order valence-electron chi connectivity index (χ1n) is 5.76. The zero-order valence-corrected chi connectivity index (χ0v) is 10.6. The Morgan fingerprint density at radius 1 is 1.28 bits per heavy atom. The Balaban J connectivity index is 2.54. The molecule has 0 fully saturated rings. The summed E-state index contributed by atoms with van der Waals surface area (Å²) in [7, 11) is 0. The van der Waals surface area contributed by atoms with Crippen LogP contribution in [0.1, 0.15) is 24.2 Å². The molecule has 0 saturated carbocycles. The molecule has 0 aliphatic heterocycles. The number of anilines is 1. The third-order valence-corrected chi connectivity index (χ3v) is 2.08. The molecular formula is C13H17NO4. The number of hydrogen-bond donors (Lipinski definition) is 1. The van der Waals surface area contributed by atoms with E-state index in [9.17, 15) is 9.59 Å². The van der Waals surface area contributed by atoms with E-state index in [0.717, 1.165) is 0 Å². The first-order chi connectivity index (χ1) is 8.63. The molecule has 0 spiro atoms. The third kappa shape index (κ3) is 4.97. The fourth-order valence-corrected chi connectivity index (χ4v) is 1.35. The number of carbonyl (C=O) groups excluding carboxylic acids is 2. The van der Waals surface area contributed by atoms with Crippen LogP contribution in [0.25, 0.3) is 0 Å². The standard InChI is InChI=1S/C13H17NO4/c1-3-17-7-8-18-13(16)11-5-4-6-12(9-11)14-10(2)15/h4-6,9H,3,7-8H2,1-2H3,(H,14,15). The van der Waals surface area contributed by atoms with Crippen molar-refractivity contribution in [2.24, 2.45) is 0 Å². The largest absolute Gasteiger partial charge is 0.460 e. The van der Waals surface area contributed by atoms with Crippen molar-refractivity contribution in [2.45, 2.75) is 13.8 Å². The highest BCUT2D eigenvalue weighted by Gasteiger charge is 2.07. The molecule has 0 aliphatic rings. The molecule has 1 rings (SSSR count). The summed E-state index contributed by atoms with van der Waals surface area (Å²) in [6.07, 6.45) is 0. The zero-order chi connectivity index (χ0) is 13.4. The SMILES string of the molecule is CCOCCOC(=O)c1cccc(NC(C)=O)c1. The predicted octanol–water partition coefficient (Wildman–Crippen LogP) is 1.84. The van der Waals surface area contributed by atoms with E-state index in [-0.39, 0.29) is 12.5 Å². The number of carbonyl (C=O) groups is 2. The van der Waals surface area contributed by atoms with Gasteiger partial charge in [0, 0.05) is 19.2 Å². The summed E-state index contributed by atoms with van der Waals surface area (Å²) < 4.78 is 10.1. The molecule has 0 radical (unpaired) electrons. The van der Waals surface area contributed by atoms with Crippen molar-refractivity contribution in [3.63, 3.8) is 0 Å². The van der Waals surface area contributed by atoms with Gasteiger partial charge in [-0.25, -0.2) is 4.79 Å². The lowest BCUT2D eigenvalue weighted by Crippen LogP contribution is -2.12. The maximum Gasteiger partial charge on any atom is 0.338 e. The highest BCUT2D eigenvalue weighted by atomic mass is 16.6. The van der Waals surface area contributed by atoms with Crippen LogP contribution >= 0.6 is 0 Å². The van der Waals surface area contributed by atoms with Crippen LogP contribution in [-0.2, 0) is 14.3 Å². The van der Waals surface area contributed by atoms with E-state index in [0.29, 0.717) is 24.5 Å². The van der Waals surface area contributed by atoms with Gasteiger partial charge >= 0.3 is 5.97 Å². The van der Waals surface area contributed by atoms with Gasteiger partial charge in [-0.05, 0) is 25.1 Å². The van der Waals surface area contributed by atoms with Crippen LogP contribution in [0.2, 0.25) is 0 Å². The second-order valence-corrected chi connectivity index (χ2v) is 3.59. The van der Waals surface area contributed by atoms with Crippen molar-refractivity contribution in [2.75, 3.05) is 25.1 Å². The van der Waals surface area contributed by atoms with E-state index in [1.54, 1.807) is 24.3 Å². The van der Waals surface area contributed by atoms with Crippen LogP contribution < -0.4 is 5.32 Å². The van der Waals surface area contributed by atoms with Gasteiger partial charge in [0.05, 0.1) is 12.2 Å². The van der Waals surface area contributed by atoms with E-state index < -0.39 is 5.97 Å². The number of rotatable bonds is 6. The van der Waals surface area contributed by atoms with Crippen molar-refractivity contribution in [3.05, 3.63) is 29.8 Å². The number of nitrogens with one attached hydrogen (secondary N) is 1. The smallest absolute Gasteiger partial charge is 0.338 e. The van der Waals surface area contributed by atoms with E-state index in [2.05, 4.69) is 5.32 Å². The lowest BCUT2D eigenvalue weighted by atomic mass is 10.2. The Morgan fingerprint density at radius 3 is 2.72 bits per heavy atom. The molecule has 1 aromatic rings. The summed E-state index contributed by atoms with van der Waals surface area (Å²) in [6.45, 7) is 4.48. The summed E-state index contributed by atoms with van der Waals surface area (Å²) in [5, 5.41) is 2.61. The Labute approximate surface area is 106 Å². The fourth-order valence-electron chi connectivity index (χ4n) is 1.35. The Kier molecular flexibility index (Phi) is 5.87. The molecule has 98 valence electrons. The molecule has 18 heavy (non-hydrogen) atoms. The highest BCUT2D eigenvalue weighted by molar-refractivity contribution is 5.93. The van der Waals surface area contributed by atoms with Gasteiger partial charge in [-0.1, -0.05) is 6.07 Å². The molecule has 0 aromatic heterocycles. The van der Waals surface area contributed by atoms with E-state index in [4.69, 9.17) is 9.47 Å². The van der Waals surface area contributed by atoms with Crippen molar-refractivity contribution < 1.29 is 19.1 Å². The lowest BCUT2D eigenvalue weighted by molar-refractivity contribution is -0.114. The van der Waals surface area contributed by atoms with Crippen molar-refractivity contribution in [1.82, 2.24) is 0 Å². The number of esters is 1. The van der Waals surface area contributed by atoms with E-state index in [1.165, 1.54) is 6.92 Å². The van der Waals surface area contributed by atoms with Crippen molar-refractivity contribution in [1.29, 1.82) is 0 Å². The number of hydrogen-bond acceptors (Lipinski definition) is 4. The number of amides is 1. The average molecular weight is 251 g/mol. The summed E-state index contributed by atoms with van der Waals surface area (Å²) in [5.74, 6) is -0.612. The average Bonchev–Trinajstić information content (AvgIpc) is 2.34. The molecule has 0 aliphatic carbocycles. The maximum absolute atomic E-state index is 11.7. The second-order valence-electron chi connectivity index (χ2n) is 3.59. The van der Waals surface area contributed by atoms with Gasteiger partial charge in [0.15, 0.2) is 0 Å². The predicted molar refractivity (Wildman–Crippen MR) is 67.5 cm³/mol. The first kappa shape index (κ1) is 14.2. The van der Waals surface area contributed by atoms with E-state index in [1.807, 2.05) is 6.92 Å². The quantitative estimate of drug-likeness (QED) is 0.619. The fraction of sp³-hybridized carbons (Fsp3) is 0.385. The van der Waals surface area contributed by atoms with Crippen LogP contribution in [-0.4, -0.2) is 31.7 Å². The summed E-state index contributed by atoms with van der Waals surface area (Å²) >= 11 is 0. The summed E-state index contributed by atoms with van der Waals surface area (Å²) in [6, 6.07) is 6.60. The molecule has 0 atom stereocenters. The van der Waals surface area contributed by atoms with Crippen LogP contribution in [0.15, 0.2) is 24.3 Å². The Morgan fingerprint density at radius 2 is 2.06 bits per heavy atom. The molecule has 0 unspecified atom stereocenters. The van der Waals surface area contributed by atoms with Crippen LogP contribution in [0.4, 0.5) is 5.69 Å². The van der Waals surface area contributed by atoms with Gasteiger partial charge in [0.1, 0.15) is 6.61 Å². The highest BCUT2D eigenvalue weighted by Crippen LogP contribution is 2.11. The summed E-state index contributed by atoms with van der Waals surface area (Å²) in [4.78, 5) is 22.5. The molecule has 0 saturated heterocycles. The van der Waals surface area contributed by atoms with Gasteiger partial charge in [-0.15, -0.1) is 0 Å². The Hall–Kier alpha value is -1.88. The van der Waals surface area contributed by atoms with Gasteiger partial charge in [-0.2, -0.15) is 0 Å². The number of benzene rings is 1. The lowest BCUT2D eigenvalue weighted by Gasteiger charge is -2.06. The van der Waals surface area contributed by atoms with Gasteiger partial charge in [0.2, 0.25) is 5.91 Å². The number of ether oxygens (including phenoxy) is 2. The topological polar surface area (TPSA) is 64.6 Å². The molecule has 1 N–H and O–H groups in total. The third-order valence-electron chi connectivity index (χ3n) is 2.08. The molecule has 1 aromatic carbocycles. The molecule has 0 bridgehead atoms. The molecular weight excluding hydrogens is 234 g/mol.